The van der Waals surface area contributed by atoms with Gasteiger partial charge in [0.15, 0.2) is 11.6 Å². The minimum atomic E-state index is -1.64. The molecule has 0 saturated carbocycles. The van der Waals surface area contributed by atoms with Gasteiger partial charge in [-0.1, -0.05) is 6.07 Å². The van der Waals surface area contributed by atoms with E-state index in [1.165, 1.54) is 42.2 Å². The number of anilines is 1. The maximum absolute atomic E-state index is 13.6. The first kappa shape index (κ1) is 20.4. The van der Waals surface area contributed by atoms with Crippen LogP contribution in [0.4, 0.5) is 23.7 Å². The Morgan fingerprint density at radius 2 is 1.72 bits per heavy atom. The van der Waals surface area contributed by atoms with Crippen molar-refractivity contribution in [3.05, 3.63) is 65.5 Å². The van der Waals surface area contributed by atoms with Gasteiger partial charge in [-0.2, -0.15) is 0 Å². The van der Waals surface area contributed by atoms with Crippen molar-refractivity contribution in [3.63, 3.8) is 0 Å². The smallest absolute Gasteiger partial charge is 0.319 e. The molecule has 1 unspecified atom stereocenters. The molecule has 1 atom stereocenters. The van der Waals surface area contributed by atoms with Crippen LogP contribution in [0.15, 0.2) is 42.5 Å². The SMILES string of the molecule is CCN(C(=O)CN1C(=O)NC(C)(c2ccc(F)c(F)c2)C1=O)c1ccc(F)cc1. The van der Waals surface area contributed by atoms with Crippen LogP contribution in [0.2, 0.25) is 0 Å². The third kappa shape index (κ3) is 3.67. The monoisotopic (exact) mass is 405 g/mol. The number of amides is 4. The third-order valence-electron chi connectivity index (χ3n) is 4.82. The average molecular weight is 405 g/mol. The molecule has 0 radical (unpaired) electrons. The number of halogens is 3. The number of urea groups is 1. The maximum atomic E-state index is 13.6. The van der Waals surface area contributed by atoms with Crippen molar-refractivity contribution >= 4 is 23.5 Å². The molecule has 1 heterocycles. The van der Waals surface area contributed by atoms with E-state index in [-0.39, 0.29) is 12.1 Å². The largest absolute Gasteiger partial charge is 0.325 e. The van der Waals surface area contributed by atoms with E-state index in [9.17, 15) is 27.6 Å². The quantitative estimate of drug-likeness (QED) is 0.778. The number of likely N-dealkylation sites (N-methyl/N-ethyl adjacent to an activating group) is 1. The molecular weight excluding hydrogens is 387 g/mol. The first-order chi connectivity index (χ1) is 13.7. The normalized spacial score (nSPS) is 18.7. The van der Waals surface area contributed by atoms with Crippen LogP contribution >= 0.6 is 0 Å². The van der Waals surface area contributed by atoms with Gasteiger partial charge in [0.25, 0.3) is 5.91 Å². The Labute approximate surface area is 164 Å². The molecule has 0 aliphatic carbocycles. The van der Waals surface area contributed by atoms with E-state index in [0.717, 1.165) is 17.0 Å². The van der Waals surface area contributed by atoms with Gasteiger partial charge in [0.1, 0.15) is 17.9 Å². The van der Waals surface area contributed by atoms with Gasteiger partial charge >= 0.3 is 6.03 Å². The summed E-state index contributed by atoms with van der Waals surface area (Å²) in [5.74, 6) is -4.03. The molecular formula is C20H18F3N3O3. The molecule has 3 rings (SSSR count). The Morgan fingerprint density at radius 1 is 1.07 bits per heavy atom. The molecule has 0 bridgehead atoms. The topological polar surface area (TPSA) is 69.7 Å². The fourth-order valence-electron chi connectivity index (χ4n) is 3.19. The molecule has 1 N–H and O–H groups in total. The molecule has 6 nitrogen and oxygen atoms in total. The van der Waals surface area contributed by atoms with Crippen LogP contribution in [-0.2, 0) is 15.1 Å². The molecule has 1 aliphatic heterocycles. The second kappa shape index (κ2) is 7.57. The van der Waals surface area contributed by atoms with Gasteiger partial charge in [0.2, 0.25) is 5.91 Å². The molecule has 4 amide bonds. The lowest BCUT2D eigenvalue weighted by Gasteiger charge is -2.24. The Kier molecular flexibility index (Phi) is 5.32. The van der Waals surface area contributed by atoms with Gasteiger partial charge in [0, 0.05) is 12.2 Å². The Hall–Kier alpha value is -3.36. The van der Waals surface area contributed by atoms with Crippen LogP contribution in [0.3, 0.4) is 0 Å². The fourth-order valence-corrected chi connectivity index (χ4v) is 3.19. The van der Waals surface area contributed by atoms with E-state index in [0.29, 0.717) is 5.69 Å². The van der Waals surface area contributed by atoms with Crippen LogP contribution in [0, 0.1) is 17.5 Å². The van der Waals surface area contributed by atoms with E-state index in [2.05, 4.69) is 5.32 Å². The number of imide groups is 1. The van der Waals surface area contributed by atoms with Crippen LogP contribution in [-0.4, -0.2) is 35.8 Å². The number of nitrogens with zero attached hydrogens (tertiary/aromatic N) is 2. The standard InChI is InChI=1S/C20H18F3N3O3/c1-3-25(14-7-5-13(21)6-8-14)17(27)11-26-18(28)20(2,24-19(26)29)12-4-9-15(22)16(23)10-12/h4-10H,3,11H2,1-2H3,(H,24,29). The molecule has 29 heavy (non-hydrogen) atoms. The number of benzene rings is 2. The lowest BCUT2D eigenvalue weighted by atomic mass is 9.92. The van der Waals surface area contributed by atoms with Gasteiger partial charge in [-0.05, 0) is 55.8 Å². The first-order valence-electron chi connectivity index (χ1n) is 8.83. The summed E-state index contributed by atoms with van der Waals surface area (Å²) in [6.07, 6.45) is 0. The van der Waals surface area contributed by atoms with E-state index in [1.807, 2.05) is 0 Å². The second-order valence-electron chi connectivity index (χ2n) is 6.69. The van der Waals surface area contributed by atoms with Crippen LogP contribution in [0.5, 0.6) is 0 Å². The summed E-state index contributed by atoms with van der Waals surface area (Å²) < 4.78 is 39.9. The molecule has 2 aromatic rings. The van der Waals surface area contributed by atoms with Gasteiger partial charge < -0.3 is 10.2 Å². The zero-order valence-corrected chi connectivity index (χ0v) is 15.7. The van der Waals surface area contributed by atoms with Gasteiger partial charge in [-0.25, -0.2) is 18.0 Å². The molecule has 0 spiro atoms. The summed E-state index contributed by atoms with van der Waals surface area (Å²) in [6, 6.07) is 7.26. The number of rotatable bonds is 5. The predicted molar refractivity (Wildman–Crippen MR) is 98.4 cm³/mol. The Balaban J connectivity index is 1.83. The van der Waals surface area contributed by atoms with Crippen molar-refractivity contribution in [2.24, 2.45) is 0 Å². The van der Waals surface area contributed by atoms with Crippen LogP contribution in [0.1, 0.15) is 19.4 Å². The molecule has 0 aromatic heterocycles. The number of nitrogens with one attached hydrogen (secondary N) is 1. The van der Waals surface area contributed by atoms with Crippen LogP contribution < -0.4 is 10.2 Å². The highest BCUT2D eigenvalue weighted by atomic mass is 19.2. The van der Waals surface area contributed by atoms with Crippen molar-refractivity contribution in [2.75, 3.05) is 18.0 Å². The number of carbonyl (C=O) groups excluding carboxylic acids is 3. The van der Waals surface area contributed by atoms with Crippen molar-refractivity contribution in [1.29, 1.82) is 0 Å². The predicted octanol–water partition coefficient (Wildman–Crippen LogP) is 2.92. The lowest BCUT2D eigenvalue weighted by Crippen LogP contribution is -2.44. The number of hydrogen-bond donors (Lipinski definition) is 1. The third-order valence-corrected chi connectivity index (χ3v) is 4.82. The summed E-state index contributed by atoms with van der Waals surface area (Å²) in [5.41, 5.74) is -1.18. The Morgan fingerprint density at radius 3 is 2.31 bits per heavy atom. The second-order valence-corrected chi connectivity index (χ2v) is 6.69. The van der Waals surface area contributed by atoms with Crippen molar-refractivity contribution in [2.45, 2.75) is 19.4 Å². The van der Waals surface area contributed by atoms with E-state index < -0.39 is 47.4 Å². The molecule has 1 saturated heterocycles. The molecule has 2 aromatic carbocycles. The highest BCUT2D eigenvalue weighted by Gasteiger charge is 2.50. The van der Waals surface area contributed by atoms with Crippen molar-refractivity contribution in [3.8, 4) is 0 Å². The van der Waals surface area contributed by atoms with Gasteiger partial charge in [-0.15, -0.1) is 0 Å². The zero-order valence-electron chi connectivity index (χ0n) is 15.7. The van der Waals surface area contributed by atoms with Crippen molar-refractivity contribution < 1.29 is 27.6 Å². The summed E-state index contributed by atoms with van der Waals surface area (Å²) >= 11 is 0. The molecule has 1 aliphatic rings. The first-order valence-corrected chi connectivity index (χ1v) is 8.83. The minimum absolute atomic E-state index is 0.0515. The highest BCUT2D eigenvalue weighted by molar-refractivity contribution is 6.10. The maximum Gasteiger partial charge on any atom is 0.325 e. The fraction of sp³-hybridized carbons (Fsp3) is 0.250. The number of carbonyl (C=O) groups is 3. The molecule has 152 valence electrons. The summed E-state index contributed by atoms with van der Waals surface area (Å²) in [6.45, 7) is 2.71. The summed E-state index contributed by atoms with van der Waals surface area (Å²) in [5, 5.41) is 2.43. The zero-order chi connectivity index (χ0) is 21.3. The van der Waals surface area contributed by atoms with Crippen LogP contribution in [0.25, 0.3) is 0 Å². The Bertz CT molecular complexity index is 981. The summed E-state index contributed by atoms with van der Waals surface area (Å²) in [7, 11) is 0. The molecule has 1 fully saturated rings. The lowest BCUT2D eigenvalue weighted by molar-refractivity contribution is -0.134. The molecule has 9 heteroatoms. The van der Waals surface area contributed by atoms with E-state index in [4.69, 9.17) is 0 Å². The van der Waals surface area contributed by atoms with Gasteiger partial charge in [-0.3, -0.25) is 14.5 Å². The van der Waals surface area contributed by atoms with Gasteiger partial charge in [0.05, 0.1) is 0 Å². The number of hydrogen-bond acceptors (Lipinski definition) is 3. The average Bonchev–Trinajstić information content (AvgIpc) is 2.90. The highest BCUT2D eigenvalue weighted by Crippen LogP contribution is 2.30. The van der Waals surface area contributed by atoms with Crippen molar-refractivity contribution in [1.82, 2.24) is 10.2 Å². The van der Waals surface area contributed by atoms with E-state index in [1.54, 1.807) is 6.92 Å². The van der Waals surface area contributed by atoms with E-state index >= 15 is 0 Å². The minimum Gasteiger partial charge on any atom is -0.319 e. The summed E-state index contributed by atoms with van der Waals surface area (Å²) in [4.78, 5) is 39.9.